The predicted molar refractivity (Wildman–Crippen MR) is 95.7 cm³/mol. The van der Waals surface area contributed by atoms with Crippen LogP contribution >= 0.6 is 0 Å². The molecule has 1 aliphatic heterocycles. The fourth-order valence-electron chi connectivity index (χ4n) is 3.46. The number of ether oxygens (including phenoxy) is 1. The monoisotopic (exact) mass is 347 g/mol. The standard InChI is InChI=1S/C21H17NO4/c23-19-17-8-4-5-9-18(17)20(24)22(19)15-12-10-14(11-13-15)21(25)26-16-6-2-1-3-7-16/h1-7,10-13,17-18H,8-9H2. The van der Waals surface area contributed by atoms with E-state index >= 15 is 0 Å². The van der Waals surface area contributed by atoms with Crippen molar-refractivity contribution >= 4 is 23.5 Å². The molecule has 0 spiro atoms. The van der Waals surface area contributed by atoms with Gasteiger partial charge in [-0.2, -0.15) is 0 Å². The van der Waals surface area contributed by atoms with Gasteiger partial charge in [0.05, 0.1) is 23.1 Å². The number of benzene rings is 2. The van der Waals surface area contributed by atoms with Crippen molar-refractivity contribution in [3.05, 3.63) is 72.3 Å². The summed E-state index contributed by atoms with van der Waals surface area (Å²) in [6, 6.07) is 15.2. The summed E-state index contributed by atoms with van der Waals surface area (Å²) < 4.78 is 5.29. The molecule has 0 N–H and O–H groups in total. The van der Waals surface area contributed by atoms with Crippen molar-refractivity contribution in [3.8, 4) is 5.75 Å². The predicted octanol–water partition coefficient (Wildman–Crippen LogP) is 3.36. The Bertz CT molecular complexity index is 860. The number of carbonyl (C=O) groups excluding carboxylic acids is 3. The van der Waals surface area contributed by atoms with Crippen LogP contribution in [0.3, 0.4) is 0 Å². The highest BCUT2D eigenvalue weighted by Crippen LogP contribution is 2.37. The molecule has 2 aliphatic rings. The van der Waals surface area contributed by atoms with Gasteiger partial charge in [0.15, 0.2) is 0 Å². The van der Waals surface area contributed by atoms with E-state index in [0.29, 0.717) is 29.8 Å². The van der Waals surface area contributed by atoms with Crippen LogP contribution in [0.5, 0.6) is 5.75 Å². The summed E-state index contributed by atoms with van der Waals surface area (Å²) in [6.07, 6.45) is 5.12. The number of allylic oxidation sites excluding steroid dienone is 2. The molecule has 2 atom stereocenters. The van der Waals surface area contributed by atoms with Crippen molar-refractivity contribution < 1.29 is 19.1 Å². The highest BCUT2D eigenvalue weighted by atomic mass is 16.5. The first-order valence-electron chi connectivity index (χ1n) is 8.55. The number of hydrogen-bond acceptors (Lipinski definition) is 4. The van der Waals surface area contributed by atoms with Crippen LogP contribution in [0.15, 0.2) is 66.7 Å². The Morgan fingerprint density at radius 3 is 2.00 bits per heavy atom. The number of carbonyl (C=O) groups is 3. The van der Waals surface area contributed by atoms with E-state index in [4.69, 9.17) is 4.74 Å². The van der Waals surface area contributed by atoms with E-state index in [-0.39, 0.29) is 23.7 Å². The molecule has 1 heterocycles. The maximum atomic E-state index is 12.6. The lowest BCUT2D eigenvalue weighted by Gasteiger charge is -2.15. The van der Waals surface area contributed by atoms with Crippen molar-refractivity contribution in [2.75, 3.05) is 4.90 Å². The van der Waals surface area contributed by atoms with E-state index in [0.717, 1.165) is 0 Å². The zero-order chi connectivity index (χ0) is 18.1. The number of anilines is 1. The molecule has 26 heavy (non-hydrogen) atoms. The molecule has 0 bridgehead atoms. The number of esters is 1. The summed E-state index contributed by atoms with van der Waals surface area (Å²) >= 11 is 0. The fraction of sp³-hybridized carbons (Fsp3) is 0.190. The summed E-state index contributed by atoms with van der Waals surface area (Å²) in [5.74, 6) is -0.888. The first kappa shape index (κ1) is 16.3. The van der Waals surface area contributed by atoms with Crippen LogP contribution in [0, 0.1) is 11.8 Å². The van der Waals surface area contributed by atoms with Gasteiger partial charge in [-0.1, -0.05) is 30.4 Å². The Morgan fingerprint density at radius 1 is 0.846 bits per heavy atom. The molecule has 2 aromatic rings. The van der Waals surface area contributed by atoms with Crippen molar-refractivity contribution in [2.24, 2.45) is 11.8 Å². The van der Waals surface area contributed by atoms with Crippen LogP contribution in [0.4, 0.5) is 5.69 Å². The first-order chi connectivity index (χ1) is 12.6. The average Bonchev–Trinajstić information content (AvgIpc) is 2.94. The van der Waals surface area contributed by atoms with Gasteiger partial charge in [0.25, 0.3) is 0 Å². The smallest absolute Gasteiger partial charge is 0.343 e. The topological polar surface area (TPSA) is 63.7 Å². The summed E-state index contributed by atoms with van der Waals surface area (Å²) in [6.45, 7) is 0. The maximum absolute atomic E-state index is 12.6. The second-order valence-corrected chi connectivity index (χ2v) is 6.42. The molecule has 2 amide bonds. The average molecular weight is 347 g/mol. The lowest BCUT2D eigenvalue weighted by atomic mass is 9.85. The molecule has 5 nitrogen and oxygen atoms in total. The summed E-state index contributed by atoms with van der Waals surface area (Å²) in [5, 5.41) is 0. The summed E-state index contributed by atoms with van der Waals surface area (Å²) in [5.41, 5.74) is 0.849. The number of imide groups is 1. The lowest BCUT2D eigenvalue weighted by Crippen LogP contribution is -2.30. The fourth-order valence-corrected chi connectivity index (χ4v) is 3.46. The highest BCUT2D eigenvalue weighted by Gasteiger charge is 2.47. The van der Waals surface area contributed by atoms with Gasteiger partial charge in [0, 0.05) is 0 Å². The molecule has 2 unspecified atom stereocenters. The number of para-hydroxylation sites is 1. The van der Waals surface area contributed by atoms with Crippen LogP contribution in [0.25, 0.3) is 0 Å². The molecule has 0 radical (unpaired) electrons. The minimum absolute atomic E-state index is 0.163. The molecule has 5 heteroatoms. The van der Waals surface area contributed by atoms with Gasteiger partial charge < -0.3 is 4.74 Å². The van der Waals surface area contributed by atoms with Crippen LogP contribution in [0.1, 0.15) is 23.2 Å². The minimum atomic E-state index is -0.486. The quantitative estimate of drug-likeness (QED) is 0.370. The second kappa shape index (κ2) is 6.59. The Labute approximate surface area is 150 Å². The van der Waals surface area contributed by atoms with Crippen molar-refractivity contribution in [1.82, 2.24) is 0 Å². The third-order valence-electron chi connectivity index (χ3n) is 4.82. The van der Waals surface area contributed by atoms with E-state index in [1.54, 1.807) is 48.5 Å². The van der Waals surface area contributed by atoms with Gasteiger partial charge in [0.2, 0.25) is 11.8 Å². The molecule has 1 aliphatic carbocycles. The second-order valence-electron chi connectivity index (χ2n) is 6.42. The number of nitrogens with zero attached hydrogens (tertiary/aromatic N) is 1. The largest absolute Gasteiger partial charge is 0.423 e. The van der Waals surface area contributed by atoms with Gasteiger partial charge in [-0.25, -0.2) is 4.79 Å². The van der Waals surface area contributed by atoms with Gasteiger partial charge >= 0.3 is 5.97 Å². The van der Waals surface area contributed by atoms with E-state index in [1.165, 1.54) is 4.90 Å². The molecular weight excluding hydrogens is 330 g/mol. The summed E-state index contributed by atoms with van der Waals surface area (Å²) in [4.78, 5) is 38.6. The normalized spacial score (nSPS) is 21.6. The molecule has 1 fully saturated rings. The van der Waals surface area contributed by atoms with Gasteiger partial charge in [-0.05, 0) is 49.2 Å². The van der Waals surface area contributed by atoms with Crippen LogP contribution in [-0.2, 0) is 9.59 Å². The molecule has 0 aromatic heterocycles. The van der Waals surface area contributed by atoms with E-state index < -0.39 is 5.97 Å². The van der Waals surface area contributed by atoms with E-state index in [9.17, 15) is 14.4 Å². The Morgan fingerprint density at radius 2 is 1.42 bits per heavy atom. The third-order valence-corrected chi connectivity index (χ3v) is 4.82. The Kier molecular flexibility index (Phi) is 4.13. The maximum Gasteiger partial charge on any atom is 0.343 e. The Balaban J connectivity index is 1.52. The molecule has 2 aromatic carbocycles. The van der Waals surface area contributed by atoms with Crippen molar-refractivity contribution in [2.45, 2.75) is 12.8 Å². The third kappa shape index (κ3) is 2.81. The zero-order valence-electron chi connectivity index (χ0n) is 14.0. The summed E-state index contributed by atoms with van der Waals surface area (Å²) in [7, 11) is 0. The SMILES string of the molecule is O=C(Oc1ccccc1)c1ccc(N2C(=O)C3CC=CCC3C2=O)cc1. The number of hydrogen-bond donors (Lipinski definition) is 0. The molecule has 1 saturated heterocycles. The van der Waals surface area contributed by atoms with Gasteiger partial charge in [0.1, 0.15) is 5.75 Å². The molecule has 4 rings (SSSR count). The van der Waals surface area contributed by atoms with Crippen LogP contribution in [0.2, 0.25) is 0 Å². The van der Waals surface area contributed by atoms with Crippen LogP contribution < -0.4 is 9.64 Å². The molecule has 130 valence electrons. The van der Waals surface area contributed by atoms with Gasteiger partial charge in [-0.15, -0.1) is 0 Å². The van der Waals surface area contributed by atoms with Crippen molar-refractivity contribution in [3.63, 3.8) is 0 Å². The number of rotatable bonds is 3. The Hall–Kier alpha value is -3.21. The highest BCUT2D eigenvalue weighted by molar-refractivity contribution is 6.22. The minimum Gasteiger partial charge on any atom is -0.423 e. The number of amides is 2. The first-order valence-corrected chi connectivity index (χ1v) is 8.55. The number of fused-ring (bicyclic) bond motifs is 1. The van der Waals surface area contributed by atoms with Crippen molar-refractivity contribution in [1.29, 1.82) is 0 Å². The van der Waals surface area contributed by atoms with E-state index in [2.05, 4.69) is 0 Å². The lowest BCUT2D eigenvalue weighted by molar-refractivity contribution is -0.122. The van der Waals surface area contributed by atoms with Gasteiger partial charge in [-0.3, -0.25) is 14.5 Å². The molecule has 0 saturated carbocycles. The zero-order valence-corrected chi connectivity index (χ0v) is 14.0. The van der Waals surface area contributed by atoms with Crippen LogP contribution in [-0.4, -0.2) is 17.8 Å². The van der Waals surface area contributed by atoms with E-state index in [1.807, 2.05) is 18.2 Å². The molecular formula is C21H17NO4.